The van der Waals surface area contributed by atoms with Crippen molar-refractivity contribution in [3.05, 3.63) is 0 Å². The lowest BCUT2D eigenvalue weighted by atomic mass is 9.90. The number of carbonyl (C=O) groups is 1. The zero-order valence-corrected chi connectivity index (χ0v) is 17.0. The molecule has 0 saturated heterocycles. The molecule has 3 N–H and O–H groups in total. The summed E-state index contributed by atoms with van der Waals surface area (Å²) in [6.07, 6.45) is 15.9. The van der Waals surface area contributed by atoms with E-state index in [1.165, 1.54) is 57.8 Å². The van der Waals surface area contributed by atoms with Gasteiger partial charge in [0.25, 0.3) is 0 Å². The maximum atomic E-state index is 11.2. The number of carbonyl (C=O) groups excluding carboxylic acids is 1. The van der Waals surface area contributed by atoms with Gasteiger partial charge in [-0.25, -0.2) is 0 Å². The molecule has 25 heavy (non-hydrogen) atoms. The summed E-state index contributed by atoms with van der Waals surface area (Å²) < 4.78 is 4.92. The van der Waals surface area contributed by atoms with Crippen LogP contribution < -0.4 is 5.73 Å². The number of ether oxygens (including phenoxy) is 1. The second-order valence-electron chi connectivity index (χ2n) is 7.73. The number of aliphatic hydroxyl groups is 1. The zero-order chi connectivity index (χ0) is 19.0. The van der Waals surface area contributed by atoms with Crippen LogP contribution >= 0.6 is 0 Å². The highest BCUT2D eigenvalue weighted by atomic mass is 16.5. The Hall–Kier alpha value is -0.610. The van der Waals surface area contributed by atoms with E-state index in [4.69, 9.17) is 10.5 Å². The minimum atomic E-state index is -0.434. The smallest absolute Gasteiger partial charge is 0.305 e. The number of hydrogen-bond acceptors (Lipinski definition) is 4. The Balaban J connectivity index is 3.21. The summed E-state index contributed by atoms with van der Waals surface area (Å²) in [6, 6.07) is 0. The van der Waals surface area contributed by atoms with E-state index in [9.17, 15) is 9.90 Å². The van der Waals surface area contributed by atoms with Gasteiger partial charge in [-0.15, -0.1) is 0 Å². The molecule has 0 saturated carbocycles. The van der Waals surface area contributed by atoms with Crippen molar-refractivity contribution in [1.29, 1.82) is 0 Å². The largest absolute Gasteiger partial charge is 0.466 e. The number of nitrogens with two attached hydrogens (primary N) is 1. The van der Waals surface area contributed by atoms with E-state index < -0.39 is 11.6 Å². The van der Waals surface area contributed by atoms with Gasteiger partial charge in [-0.05, 0) is 33.6 Å². The van der Waals surface area contributed by atoms with Gasteiger partial charge in [-0.2, -0.15) is 0 Å². The van der Waals surface area contributed by atoms with Crippen LogP contribution in [0.1, 0.15) is 111 Å². The summed E-state index contributed by atoms with van der Waals surface area (Å²) >= 11 is 0. The molecule has 0 aromatic heterocycles. The highest BCUT2D eigenvalue weighted by Crippen LogP contribution is 2.17. The van der Waals surface area contributed by atoms with Crippen molar-refractivity contribution < 1.29 is 14.6 Å². The van der Waals surface area contributed by atoms with Crippen molar-refractivity contribution in [2.24, 2.45) is 5.73 Å². The fraction of sp³-hybridized carbons (Fsp3) is 0.952. The van der Waals surface area contributed by atoms with Crippen molar-refractivity contribution in [2.45, 2.75) is 122 Å². The Labute approximate surface area is 155 Å². The average Bonchev–Trinajstić information content (AvgIpc) is 2.55. The van der Waals surface area contributed by atoms with E-state index in [0.29, 0.717) is 13.0 Å². The maximum absolute atomic E-state index is 11.2. The van der Waals surface area contributed by atoms with Crippen LogP contribution in [-0.4, -0.2) is 29.3 Å². The van der Waals surface area contributed by atoms with Crippen LogP contribution in [0.25, 0.3) is 0 Å². The second kappa shape index (κ2) is 15.6. The molecule has 4 nitrogen and oxygen atoms in total. The number of aliphatic hydroxyl groups excluding tert-OH is 1. The number of hydrogen-bond donors (Lipinski definition) is 2. The maximum Gasteiger partial charge on any atom is 0.305 e. The molecular formula is C21H43NO3. The van der Waals surface area contributed by atoms with Gasteiger partial charge in [-0.1, -0.05) is 70.6 Å². The third-order valence-electron chi connectivity index (χ3n) is 5.11. The molecule has 0 heterocycles. The lowest BCUT2D eigenvalue weighted by molar-refractivity contribution is -0.143. The molecule has 150 valence electrons. The Bertz CT molecular complexity index is 316. The van der Waals surface area contributed by atoms with Crippen LogP contribution in [0.15, 0.2) is 0 Å². The summed E-state index contributed by atoms with van der Waals surface area (Å²) in [6.45, 7) is 6.06. The molecule has 0 rings (SSSR count). The first kappa shape index (κ1) is 24.4. The van der Waals surface area contributed by atoms with Crippen molar-refractivity contribution in [3.63, 3.8) is 0 Å². The van der Waals surface area contributed by atoms with E-state index in [-0.39, 0.29) is 5.97 Å². The molecule has 2 unspecified atom stereocenters. The molecule has 0 fully saturated rings. The summed E-state index contributed by atoms with van der Waals surface area (Å²) in [5, 5.41) is 9.57. The van der Waals surface area contributed by atoms with Crippen LogP contribution in [0.4, 0.5) is 0 Å². The number of esters is 1. The molecular weight excluding hydrogens is 314 g/mol. The molecule has 0 amide bonds. The Morgan fingerprint density at radius 1 is 0.920 bits per heavy atom. The first-order valence-corrected chi connectivity index (χ1v) is 10.5. The van der Waals surface area contributed by atoms with Crippen molar-refractivity contribution in [1.82, 2.24) is 0 Å². The van der Waals surface area contributed by atoms with E-state index in [2.05, 4.69) is 0 Å². The van der Waals surface area contributed by atoms with Gasteiger partial charge in [-0.3, -0.25) is 4.79 Å². The van der Waals surface area contributed by atoms with Gasteiger partial charge >= 0.3 is 5.97 Å². The fourth-order valence-electron chi connectivity index (χ4n) is 2.99. The number of unbranched alkanes of at least 4 members (excludes halogenated alkanes) is 11. The molecule has 4 heteroatoms. The molecule has 2 atom stereocenters. The Kier molecular flexibility index (Phi) is 15.2. The standard InChI is InChI=1S/C21H43NO3/c1-4-25-20(24)17-15-13-11-9-7-5-6-8-10-12-14-16-18-21(3,22)19(2)23/h19,23H,4-18,22H2,1-3H3. The minimum absolute atomic E-state index is 0.0514. The first-order chi connectivity index (χ1) is 11.9. The highest BCUT2D eigenvalue weighted by molar-refractivity contribution is 5.69. The topological polar surface area (TPSA) is 72.5 Å². The van der Waals surface area contributed by atoms with Gasteiger partial charge in [0.15, 0.2) is 0 Å². The predicted molar refractivity (Wildman–Crippen MR) is 106 cm³/mol. The molecule has 0 radical (unpaired) electrons. The van der Waals surface area contributed by atoms with Crippen LogP contribution in [0.3, 0.4) is 0 Å². The molecule has 0 bridgehead atoms. The molecule has 0 spiro atoms. The molecule has 0 aromatic carbocycles. The van der Waals surface area contributed by atoms with E-state index in [1.807, 2.05) is 13.8 Å². The molecule has 0 aliphatic carbocycles. The minimum Gasteiger partial charge on any atom is -0.466 e. The molecule has 0 aliphatic rings. The average molecular weight is 358 g/mol. The Morgan fingerprint density at radius 3 is 1.72 bits per heavy atom. The summed E-state index contributed by atoms with van der Waals surface area (Å²) in [5.74, 6) is -0.0514. The Morgan fingerprint density at radius 2 is 1.32 bits per heavy atom. The SMILES string of the molecule is CCOC(=O)CCCCCCCCCCCCCCC(C)(N)C(C)O. The summed E-state index contributed by atoms with van der Waals surface area (Å²) in [4.78, 5) is 11.2. The quantitative estimate of drug-likeness (QED) is 0.280. The van der Waals surface area contributed by atoms with Gasteiger partial charge in [0.2, 0.25) is 0 Å². The van der Waals surface area contributed by atoms with Crippen molar-refractivity contribution in [2.75, 3.05) is 6.61 Å². The van der Waals surface area contributed by atoms with Crippen LogP contribution in [0.2, 0.25) is 0 Å². The second-order valence-corrected chi connectivity index (χ2v) is 7.73. The van der Waals surface area contributed by atoms with Crippen molar-refractivity contribution >= 4 is 5.97 Å². The van der Waals surface area contributed by atoms with Gasteiger partial charge in [0.05, 0.1) is 12.7 Å². The molecule has 0 aliphatic heterocycles. The third kappa shape index (κ3) is 15.4. The van der Waals surface area contributed by atoms with E-state index >= 15 is 0 Å². The number of rotatable bonds is 17. The van der Waals surface area contributed by atoms with Crippen LogP contribution in [-0.2, 0) is 9.53 Å². The fourth-order valence-corrected chi connectivity index (χ4v) is 2.99. The van der Waals surface area contributed by atoms with Gasteiger partial charge < -0.3 is 15.6 Å². The lowest BCUT2D eigenvalue weighted by Crippen LogP contribution is -2.46. The van der Waals surface area contributed by atoms with Crippen LogP contribution in [0.5, 0.6) is 0 Å². The normalized spacial score (nSPS) is 14.9. The summed E-state index contributed by atoms with van der Waals surface area (Å²) in [7, 11) is 0. The predicted octanol–water partition coefficient (Wildman–Crippen LogP) is 5.11. The monoisotopic (exact) mass is 357 g/mol. The lowest BCUT2D eigenvalue weighted by Gasteiger charge is -2.27. The van der Waals surface area contributed by atoms with E-state index in [0.717, 1.165) is 25.7 Å². The van der Waals surface area contributed by atoms with Crippen LogP contribution in [0, 0.1) is 0 Å². The third-order valence-corrected chi connectivity index (χ3v) is 5.11. The summed E-state index contributed by atoms with van der Waals surface area (Å²) in [5.41, 5.74) is 5.62. The van der Waals surface area contributed by atoms with Gasteiger partial charge in [0, 0.05) is 12.0 Å². The van der Waals surface area contributed by atoms with Gasteiger partial charge in [0.1, 0.15) is 0 Å². The van der Waals surface area contributed by atoms with Crippen molar-refractivity contribution in [3.8, 4) is 0 Å². The molecule has 0 aromatic rings. The zero-order valence-electron chi connectivity index (χ0n) is 17.0. The highest BCUT2D eigenvalue weighted by Gasteiger charge is 2.23. The van der Waals surface area contributed by atoms with E-state index in [1.54, 1.807) is 6.92 Å². The first-order valence-electron chi connectivity index (χ1n) is 10.5.